The minimum atomic E-state index is -4.66. The summed E-state index contributed by atoms with van der Waals surface area (Å²) in [6.07, 6.45) is 29.5. The number of rotatable bonds is 36. The van der Waals surface area contributed by atoms with Gasteiger partial charge in [-0.3, -0.25) is 9.36 Å². The molecule has 0 aliphatic rings. The van der Waals surface area contributed by atoms with E-state index >= 15 is 0 Å². The average Bonchev–Trinajstić information content (AvgIpc) is 3.04. The van der Waals surface area contributed by atoms with Crippen LogP contribution in [0.3, 0.4) is 0 Å². The number of hydrogen-bond acceptors (Lipinski definition) is 7. The minimum Gasteiger partial charge on any atom is -0.756 e. The van der Waals surface area contributed by atoms with Crippen LogP contribution in [0, 0.1) is 0 Å². The van der Waals surface area contributed by atoms with Crippen LogP contribution >= 0.6 is 7.82 Å². The van der Waals surface area contributed by atoms with E-state index in [2.05, 4.69) is 31.3 Å². The van der Waals surface area contributed by atoms with Crippen molar-refractivity contribution >= 4 is 13.7 Å². The number of nitrogens with zero attached hydrogens (tertiary/aromatic N) is 1. The van der Waals surface area contributed by atoms with Crippen molar-refractivity contribution in [3.63, 3.8) is 0 Å². The van der Waals surface area contributed by atoms with E-state index in [0.29, 0.717) is 23.9 Å². The number of hydrogen-bond donors (Lipinski definition) is 3. The molecule has 1 amide bonds. The van der Waals surface area contributed by atoms with Gasteiger partial charge < -0.3 is 34.0 Å². The summed E-state index contributed by atoms with van der Waals surface area (Å²) in [4.78, 5) is 25.2. The molecule has 0 spiro atoms. The molecule has 0 aliphatic heterocycles. The summed E-state index contributed by atoms with van der Waals surface area (Å²) in [5, 5.41) is 24.5. The number of aliphatic hydroxyl groups is 2. The third kappa shape index (κ3) is 32.8. The summed E-state index contributed by atoms with van der Waals surface area (Å²) in [5.74, 6) is -0.289. The second-order valence-corrected chi connectivity index (χ2v) is 16.5. The first kappa shape index (κ1) is 48.2. The average molecular weight is 719 g/mol. The zero-order valence-corrected chi connectivity index (χ0v) is 33.4. The van der Waals surface area contributed by atoms with E-state index in [9.17, 15) is 24.5 Å². The van der Waals surface area contributed by atoms with Crippen LogP contribution in [0.4, 0.5) is 0 Å². The second kappa shape index (κ2) is 31.9. The largest absolute Gasteiger partial charge is 0.756 e. The van der Waals surface area contributed by atoms with Crippen LogP contribution in [-0.4, -0.2) is 79.8 Å². The van der Waals surface area contributed by atoms with Gasteiger partial charge in [0.1, 0.15) is 19.3 Å². The highest BCUT2D eigenvalue weighted by molar-refractivity contribution is 7.45. The van der Waals surface area contributed by atoms with Crippen molar-refractivity contribution in [1.29, 1.82) is 0 Å². The normalized spacial score (nSPS) is 15.3. The fourth-order valence-corrected chi connectivity index (χ4v) is 6.50. The lowest BCUT2D eigenvalue weighted by atomic mass is 9.99. The Bertz CT molecular complexity index is 837. The van der Waals surface area contributed by atoms with Crippen LogP contribution in [0.25, 0.3) is 0 Å². The first-order valence-corrected chi connectivity index (χ1v) is 21.6. The Labute approximate surface area is 302 Å². The van der Waals surface area contributed by atoms with Crippen LogP contribution in [0.5, 0.6) is 0 Å². The maximum Gasteiger partial charge on any atom is 0.268 e. The Balaban J connectivity index is 4.60. The number of phosphoric acid groups is 1. The summed E-state index contributed by atoms with van der Waals surface area (Å²) in [7, 11) is 1.12. The molecule has 0 aromatic heterocycles. The van der Waals surface area contributed by atoms with Crippen LogP contribution in [-0.2, 0) is 18.4 Å². The Morgan fingerprint density at radius 2 is 1.16 bits per heavy atom. The molecule has 0 heterocycles. The molecule has 0 rings (SSSR count). The van der Waals surface area contributed by atoms with Gasteiger partial charge in [-0.15, -0.1) is 0 Å². The molecular weight excluding hydrogens is 639 g/mol. The molecular formula is C39H79N2O7P. The number of amides is 1. The number of unbranched alkanes of at least 4 members (excludes halogenated alkanes) is 20. The smallest absolute Gasteiger partial charge is 0.268 e. The Kier molecular flexibility index (Phi) is 31.4. The topological polar surface area (TPSA) is 128 Å². The van der Waals surface area contributed by atoms with Crippen LogP contribution in [0.15, 0.2) is 12.2 Å². The molecule has 0 aromatic carbocycles. The fourth-order valence-electron chi connectivity index (χ4n) is 5.78. The maximum atomic E-state index is 12.8. The molecule has 9 nitrogen and oxygen atoms in total. The van der Waals surface area contributed by atoms with E-state index in [4.69, 9.17) is 9.05 Å². The third-order valence-corrected chi connectivity index (χ3v) is 10.1. The number of phosphoric ester groups is 1. The minimum absolute atomic E-state index is 0.0409. The zero-order chi connectivity index (χ0) is 36.6. The van der Waals surface area contributed by atoms with E-state index in [1.807, 2.05) is 21.1 Å². The quantitative estimate of drug-likeness (QED) is 0.0256. The summed E-state index contributed by atoms with van der Waals surface area (Å²) >= 11 is 0. The highest BCUT2D eigenvalue weighted by atomic mass is 31.2. The lowest BCUT2D eigenvalue weighted by molar-refractivity contribution is -0.870. The van der Waals surface area contributed by atoms with Gasteiger partial charge in [0, 0.05) is 6.42 Å². The molecule has 49 heavy (non-hydrogen) atoms. The first-order chi connectivity index (χ1) is 23.4. The Hall–Kier alpha value is -0.800. The van der Waals surface area contributed by atoms with Crippen LogP contribution < -0.4 is 10.2 Å². The van der Waals surface area contributed by atoms with Crippen molar-refractivity contribution in [2.45, 2.75) is 193 Å². The number of carbonyl (C=O) groups excluding carboxylic acids is 1. The molecule has 0 aromatic rings. The molecule has 3 N–H and O–H groups in total. The summed E-state index contributed by atoms with van der Waals surface area (Å²) < 4.78 is 23.0. The van der Waals surface area contributed by atoms with Gasteiger partial charge >= 0.3 is 0 Å². The van der Waals surface area contributed by atoms with Gasteiger partial charge in [0.25, 0.3) is 7.82 Å². The Morgan fingerprint density at radius 1 is 0.714 bits per heavy atom. The molecule has 0 saturated carbocycles. The van der Waals surface area contributed by atoms with Crippen molar-refractivity contribution in [2.24, 2.45) is 0 Å². The van der Waals surface area contributed by atoms with Crippen molar-refractivity contribution < 1.29 is 38.0 Å². The molecule has 4 unspecified atom stereocenters. The fraction of sp³-hybridized carbons (Fsp3) is 0.923. The monoisotopic (exact) mass is 719 g/mol. The third-order valence-electron chi connectivity index (χ3n) is 9.10. The number of allylic oxidation sites excluding steroid dienone is 2. The lowest BCUT2D eigenvalue weighted by Crippen LogP contribution is -2.51. The highest BCUT2D eigenvalue weighted by Crippen LogP contribution is 2.38. The number of likely N-dealkylation sites (N-methyl/N-ethyl adjacent to an activating group) is 1. The summed E-state index contributed by atoms with van der Waals surface area (Å²) in [6.45, 7) is 4.39. The van der Waals surface area contributed by atoms with Crippen molar-refractivity contribution in [3.05, 3.63) is 12.2 Å². The number of nitrogens with one attached hydrogen (secondary N) is 1. The van der Waals surface area contributed by atoms with Crippen LogP contribution in [0.2, 0.25) is 0 Å². The van der Waals surface area contributed by atoms with Gasteiger partial charge in [0.2, 0.25) is 5.91 Å². The van der Waals surface area contributed by atoms with Gasteiger partial charge in [-0.1, -0.05) is 142 Å². The van der Waals surface area contributed by atoms with Crippen LogP contribution in [0.1, 0.15) is 174 Å². The van der Waals surface area contributed by atoms with Crippen molar-refractivity contribution in [1.82, 2.24) is 5.32 Å². The van der Waals surface area contributed by atoms with Gasteiger partial charge in [-0.25, -0.2) is 0 Å². The molecule has 0 radical (unpaired) electrons. The standard InChI is InChI=1S/C39H79N2O7P/c1-6-8-10-12-14-16-18-20-22-24-26-28-30-32-38(43)40-36(35-48-49(45,46)47-34-33-41(3,4)5)39(44)37(42)31-29-27-25-23-21-19-17-15-13-11-9-7-2/h16,18,36-37,39,42,44H,6-15,17,19-35H2,1-5H3,(H-,40,43,45,46)/b18-16-. The molecule has 0 fully saturated rings. The predicted octanol–water partition coefficient (Wildman–Crippen LogP) is 8.75. The predicted molar refractivity (Wildman–Crippen MR) is 202 cm³/mol. The van der Waals surface area contributed by atoms with Gasteiger partial charge in [0.05, 0.1) is 39.9 Å². The summed E-state index contributed by atoms with van der Waals surface area (Å²) in [6, 6.07) is -1.07. The van der Waals surface area contributed by atoms with Crippen molar-refractivity contribution in [3.8, 4) is 0 Å². The number of aliphatic hydroxyl groups excluding tert-OH is 2. The van der Waals surface area contributed by atoms with E-state index in [1.165, 1.54) is 89.9 Å². The zero-order valence-electron chi connectivity index (χ0n) is 32.5. The lowest BCUT2D eigenvalue weighted by Gasteiger charge is -2.31. The highest BCUT2D eigenvalue weighted by Gasteiger charge is 2.29. The van der Waals surface area contributed by atoms with E-state index in [1.54, 1.807) is 0 Å². The second-order valence-electron chi connectivity index (χ2n) is 15.1. The maximum absolute atomic E-state index is 12.8. The number of carbonyl (C=O) groups is 1. The number of quaternary nitrogens is 1. The van der Waals surface area contributed by atoms with E-state index in [0.717, 1.165) is 51.4 Å². The van der Waals surface area contributed by atoms with Gasteiger partial charge in [0.15, 0.2) is 0 Å². The van der Waals surface area contributed by atoms with Gasteiger partial charge in [-0.2, -0.15) is 0 Å². The van der Waals surface area contributed by atoms with Gasteiger partial charge in [-0.05, 0) is 38.5 Å². The molecule has 0 saturated heterocycles. The molecule has 0 aliphatic carbocycles. The molecule has 10 heteroatoms. The first-order valence-electron chi connectivity index (χ1n) is 20.1. The van der Waals surface area contributed by atoms with E-state index in [-0.39, 0.29) is 18.9 Å². The SMILES string of the molecule is CCCCCC/C=C\CCCCCCCC(=O)NC(COP(=O)([O-])OCC[N+](C)(C)C)C(O)C(O)CCCCCCCCCCCCCC. The van der Waals surface area contributed by atoms with Crippen molar-refractivity contribution in [2.75, 3.05) is 40.9 Å². The van der Waals surface area contributed by atoms with E-state index < -0.39 is 32.7 Å². The molecule has 4 atom stereocenters. The molecule has 292 valence electrons. The Morgan fingerprint density at radius 3 is 1.67 bits per heavy atom. The summed E-state index contributed by atoms with van der Waals surface area (Å²) in [5.41, 5.74) is 0. The molecule has 0 bridgehead atoms.